The van der Waals surface area contributed by atoms with Crippen LogP contribution in [0.3, 0.4) is 0 Å². The molecule has 18 heavy (non-hydrogen) atoms. The molecule has 3 N–H and O–H groups in total. The Bertz CT molecular complexity index is 477. The number of hydrogen-bond acceptors (Lipinski definition) is 6. The maximum Gasteiger partial charge on any atom is 0.336 e. The highest BCUT2D eigenvalue weighted by atomic mass is 32.1. The van der Waals surface area contributed by atoms with Crippen LogP contribution in [0.5, 0.6) is 0 Å². The van der Waals surface area contributed by atoms with Crippen LogP contribution in [-0.2, 0) is 0 Å². The number of carboxylic acid groups (broad SMARTS) is 1. The lowest BCUT2D eigenvalue weighted by molar-refractivity contribution is -0.384. The number of non-ortho nitro benzene ring substituents is 1. The average molecular weight is 273 g/mol. The van der Waals surface area contributed by atoms with Crippen LogP contribution in [-0.4, -0.2) is 38.1 Å². The van der Waals surface area contributed by atoms with Gasteiger partial charge in [0.05, 0.1) is 16.6 Å². The fraction of sp³-hybridized carbons (Fsp3) is 0.300. The Balaban J connectivity index is 3.27. The summed E-state index contributed by atoms with van der Waals surface area (Å²) in [4.78, 5) is 20.8. The Hall–Kier alpha value is -1.64. The second kappa shape index (κ2) is 5.80. The molecule has 98 valence electrons. The minimum absolute atomic E-state index is 0.0722. The summed E-state index contributed by atoms with van der Waals surface area (Å²) in [6.45, 7) is 0. The molecule has 1 aromatic carbocycles. The van der Waals surface area contributed by atoms with E-state index in [-0.39, 0.29) is 11.3 Å². The van der Waals surface area contributed by atoms with Crippen LogP contribution in [0.2, 0.25) is 0 Å². The summed E-state index contributed by atoms with van der Waals surface area (Å²) in [5, 5.41) is 38.6. The van der Waals surface area contributed by atoms with Gasteiger partial charge in [0.1, 0.15) is 6.10 Å². The van der Waals surface area contributed by atoms with Crippen molar-refractivity contribution < 1.29 is 25.0 Å². The van der Waals surface area contributed by atoms with Crippen molar-refractivity contribution in [3.63, 3.8) is 0 Å². The molecule has 0 aromatic heterocycles. The first-order chi connectivity index (χ1) is 8.38. The monoisotopic (exact) mass is 273 g/mol. The van der Waals surface area contributed by atoms with E-state index in [1.54, 1.807) is 0 Å². The molecule has 0 amide bonds. The lowest BCUT2D eigenvalue weighted by Gasteiger charge is -2.17. The number of nitro benzene ring substituents is 1. The molecule has 0 spiro atoms. The molecule has 0 saturated carbocycles. The average Bonchev–Trinajstić information content (AvgIpc) is 2.35. The number of aliphatic hydroxyl groups excluding tert-OH is 2. The SMILES string of the molecule is O=C(O)c1cc([N+](=O)[O-])ccc1C(O)C(O)CS. The van der Waals surface area contributed by atoms with Gasteiger partial charge in [0.2, 0.25) is 0 Å². The van der Waals surface area contributed by atoms with E-state index in [4.69, 9.17) is 5.11 Å². The van der Waals surface area contributed by atoms with Crippen LogP contribution in [0.4, 0.5) is 5.69 Å². The molecule has 0 saturated heterocycles. The molecule has 0 bridgehead atoms. The topological polar surface area (TPSA) is 121 Å². The molecular formula is C10H11NO6S. The van der Waals surface area contributed by atoms with E-state index in [9.17, 15) is 25.1 Å². The van der Waals surface area contributed by atoms with E-state index in [0.29, 0.717) is 0 Å². The lowest BCUT2D eigenvalue weighted by Crippen LogP contribution is -2.22. The summed E-state index contributed by atoms with van der Waals surface area (Å²) in [5.41, 5.74) is -0.907. The van der Waals surface area contributed by atoms with Gasteiger partial charge in [-0.2, -0.15) is 12.6 Å². The molecule has 0 aliphatic carbocycles. The number of benzene rings is 1. The number of nitro groups is 1. The van der Waals surface area contributed by atoms with Gasteiger partial charge < -0.3 is 15.3 Å². The van der Waals surface area contributed by atoms with Gasteiger partial charge in [-0.15, -0.1) is 0 Å². The quantitative estimate of drug-likeness (QED) is 0.354. The van der Waals surface area contributed by atoms with E-state index in [2.05, 4.69) is 12.6 Å². The Labute approximate surface area is 107 Å². The predicted molar refractivity (Wildman–Crippen MR) is 64.9 cm³/mol. The number of aliphatic hydroxyl groups is 2. The van der Waals surface area contributed by atoms with Crippen molar-refractivity contribution in [2.24, 2.45) is 0 Å². The number of carbonyl (C=O) groups is 1. The molecule has 1 aromatic rings. The summed E-state index contributed by atoms with van der Waals surface area (Å²) < 4.78 is 0. The van der Waals surface area contributed by atoms with Crippen molar-refractivity contribution in [1.82, 2.24) is 0 Å². The van der Waals surface area contributed by atoms with E-state index in [1.165, 1.54) is 0 Å². The normalized spacial score (nSPS) is 13.9. The molecule has 2 atom stereocenters. The highest BCUT2D eigenvalue weighted by molar-refractivity contribution is 7.80. The van der Waals surface area contributed by atoms with Gasteiger partial charge in [0.25, 0.3) is 5.69 Å². The second-order valence-corrected chi connectivity index (χ2v) is 3.89. The third-order valence-electron chi connectivity index (χ3n) is 2.35. The number of carboxylic acids is 1. The van der Waals surface area contributed by atoms with Crippen LogP contribution in [0.25, 0.3) is 0 Å². The minimum atomic E-state index is -1.46. The van der Waals surface area contributed by atoms with Gasteiger partial charge in [-0.1, -0.05) is 0 Å². The van der Waals surface area contributed by atoms with Gasteiger partial charge in [-0.3, -0.25) is 10.1 Å². The molecular weight excluding hydrogens is 262 g/mol. The molecule has 0 radical (unpaired) electrons. The lowest BCUT2D eigenvalue weighted by atomic mass is 9.98. The zero-order valence-electron chi connectivity index (χ0n) is 9.05. The van der Waals surface area contributed by atoms with Crippen LogP contribution >= 0.6 is 12.6 Å². The van der Waals surface area contributed by atoms with Gasteiger partial charge in [0.15, 0.2) is 0 Å². The number of rotatable bonds is 5. The number of hydrogen-bond donors (Lipinski definition) is 4. The summed E-state index contributed by atoms with van der Waals surface area (Å²) in [7, 11) is 0. The fourth-order valence-corrected chi connectivity index (χ4v) is 1.61. The molecule has 0 heterocycles. The molecule has 0 aliphatic rings. The summed E-state index contributed by atoms with van der Waals surface area (Å²) in [6, 6.07) is 3.02. The Morgan fingerprint density at radius 3 is 2.50 bits per heavy atom. The predicted octanol–water partition coefficient (Wildman–Crippen LogP) is 0.617. The Morgan fingerprint density at radius 2 is 2.06 bits per heavy atom. The van der Waals surface area contributed by atoms with Gasteiger partial charge in [0, 0.05) is 17.9 Å². The Kier molecular flexibility index (Phi) is 4.65. The standard InChI is InChI=1S/C10H11NO6S/c12-8(4-18)9(13)6-2-1-5(11(16)17)3-7(6)10(14)15/h1-3,8-9,12-13,18H,4H2,(H,14,15). The summed E-state index contributed by atoms with van der Waals surface area (Å²) in [6.07, 6.45) is -2.72. The van der Waals surface area contributed by atoms with Crippen molar-refractivity contribution in [2.45, 2.75) is 12.2 Å². The first-order valence-electron chi connectivity index (χ1n) is 4.87. The van der Waals surface area contributed by atoms with Crippen molar-refractivity contribution in [3.05, 3.63) is 39.4 Å². The zero-order valence-corrected chi connectivity index (χ0v) is 9.95. The maximum atomic E-state index is 11.0. The van der Waals surface area contributed by atoms with Crippen molar-refractivity contribution in [2.75, 3.05) is 5.75 Å². The largest absolute Gasteiger partial charge is 0.478 e. The first-order valence-corrected chi connectivity index (χ1v) is 5.50. The highest BCUT2D eigenvalue weighted by Gasteiger charge is 2.24. The number of aromatic carboxylic acids is 1. The van der Waals surface area contributed by atoms with Crippen molar-refractivity contribution in [3.8, 4) is 0 Å². The van der Waals surface area contributed by atoms with E-state index in [1.807, 2.05) is 0 Å². The van der Waals surface area contributed by atoms with Gasteiger partial charge >= 0.3 is 5.97 Å². The highest BCUT2D eigenvalue weighted by Crippen LogP contribution is 2.25. The van der Waals surface area contributed by atoms with Crippen LogP contribution in [0.15, 0.2) is 18.2 Å². The van der Waals surface area contributed by atoms with E-state index < -0.39 is 34.4 Å². The molecule has 2 unspecified atom stereocenters. The van der Waals surface area contributed by atoms with Crippen molar-refractivity contribution >= 4 is 24.3 Å². The Morgan fingerprint density at radius 1 is 1.44 bits per heavy atom. The fourth-order valence-electron chi connectivity index (χ4n) is 1.41. The summed E-state index contributed by atoms with van der Waals surface area (Å²) >= 11 is 3.78. The third kappa shape index (κ3) is 2.97. The van der Waals surface area contributed by atoms with Crippen LogP contribution in [0.1, 0.15) is 22.0 Å². The molecule has 7 nitrogen and oxygen atoms in total. The van der Waals surface area contributed by atoms with Crippen LogP contribution < -0.4 is 0 Å². The first kappa shape index (κ1) is 14.4. The number of nitrogens with zero attached hydrogens (tertiary/aromatic N) is 1. The molecule has 0 fully saturated rings. The van der Waals surface area contributed by atoms with Gasteiger partial charge in [-0.25, -0.2) is 4.79 Å². The van der Waals surface area contributed by atoms with E-state index >= 15 is 0 Å². The second-order valence-electron chi connectivity index (χ2n) is 3.53. The van der Waals surface area contributed by atoms with Gasteiger partial charge in [-0.05, 0) is 11.6 Å². The number of thiol groups is 1. The molecule has 1 rings (SSSR count). The smallest absolute Gasteiger partial charge is 0.336 e. The third-order valence-corrected chi connectivity index (χ3v) is 2.72. The van der Waals surface area contributed by atoms with Crippen LogP contribution in [0, 0.1) is 10.1 Å². The molecule has 8 heteroatoms. The molecule has 0 aliphatic heterocycles. The van der Waals surface area contributed by atoms with Crippen molar-refractivity contribution in [1.29, 1.82) is 0 Å². The summed E-state index contributed by atoms with van der Waals surface area (Å²) in [5.74, 6) is -1.49. The maximum absolute atomic E-state index is 11.0. The zero-order chi connectivity index (χ0) is 13.9. The minimum Gasteiger partial charge on any atom is -0.478 e. The van der Waals surface area contributed by atoms with E-state index in [0.717, 1.165) is 18.2 Å².